The summed E-state index contributed by atoms with van der Waals surface area (Å²) in [5.41, 5.74) is 2.16. The van der Waals surface area contributed by atoms with Crippen LogP contribution < -0.4 is 10.1 Å². The Morgan fingerprint density at radius 3 is 2.96 bits per heavy atom. The second kappa shape index (κ2) is 7.63. The Kier molecular flexibility index (Phi) is 5.32. The van der Waals surface area contributed by atoms with E-state index in [1.54, 1.807) is 36.3 Å². The van der Waals surface area contributed by atoms with Gasteiger partial charge in [-0.1, -0.05) is 18.2 Å². The number of rotatable bonds is 6. The van der Waals surface area contributed by atoms with Crippen LogP contribution in [0.1, 0.15) is 21.1 Å². The maximum atomic E-state index is 12.6. The summed E-state index contributed by atoms with van der Waals surface area (Å²) < 4.78 is 5.20. The van der Waals surface area contributed by atoms with Crippen molar-refractivity contribution in [1.29, 1.82) is 0 Å². The highest BCUT2D eigenvalue weighted by molar-refractivity contribution is 7.97. The second-order valence-electron chi connectivity index (χ2n) is 5.08. The van der Waals surface area contributed by atoms with Gasteiger partial charge in [-0.05, 0) is 12.3 Å². The Labute approximate surface area is 148 Å². The fourth-order valence-corrected chi connectivity index (χ4v) is 3.84. The highest BCUT2D eigenvalue weighted by Gasteiger charge is 2.13. The number of pyridine rings is 1. The topological polar surface area (TPSA) is 64.1 Å². The van der Waals surface area contributed by atoms with Crippen LogP contribution in [-0.4, -0.2) is 29.2 Å². The first-order valence-corrected chi connectivity index (χ1v) is 9.63. The van der Waals surface area contributed by atoms with Gasteiger partial charge in [-0.3, -0.25) is 4.79 Å². The Balaban J connectivity index is 1.80. The van der Waals surface area contributed by atoms with Crippen molar-refractivity contribution in [2.45, 2.75) is 12.3 Å². The van der Waals surface area contributed by atoms with Crippen LogP contribution in [0.25, 0.3) is 10.9 Å². The standard InChI is InChI=1S/C17H17N3O2S2/c1-22-15-7-13(12-5-3-4-6-14(12)20-15)17(21)18-8-11-9-24-16(19-11)10-23-2/h3-7,9H,8,10H2,1-2H3,(H,18,21). The number of nitrogens with one attached hydrogen (secondary N) is 1. The van der Waals surface area contributed by atoms with E-state index in [2.05, 4.69) is 15.3 Å². The first-order valence-electron chi connectivity index (χ1n) is 7.35. The van der Waals surface area contributed by atoms with Gasteiger partial charge in [-0.25, -0.2) is 9.97 Å². The van der Waals surface area contributed by atoms with Crippen LogP contribution in [0, 0.1) is 0 Å². The maximum Gasteiger partial charge on any atom is 0.252 e. The fraction of sp³-hybridized carbons (Fsp3) is 0.235. The van der Waals surface area contributed by atoms with Crippen LogP contribution in [-0.2, 0) is 12.3 Å². The first-order chi connectivity index (χ1) is 11.7. The third-order valence-corrected chi connectivity index (χ3v) is 5.09. The van der Waals surface area contributed by atoms with Gasteiger partial charge in [0.2, 0.25) is 5.88 Å². The van der Waals surface area contributed by atoms with E-state index in [1.165, 1.54) is 0 Å². The molecular formula is C17H17N3O2S2. The molecule has 0 aliphatic carbocycles. The normalized spacial score (nSPS) is 10.8. The Bertz CT molecular complexity index is 864. The molecule has 0 saturated heterocycles. The largest absolute Gasteiger partial charge is 0.481 e. The van der Waals surface area contributed by atoms with E-state index in [0.29, 0.717) is 18.0 Å². The van der Waals surface area contributed by atoms with Gasteiger partial charge in [0.1, 0.15) is 5.01 Å². The molecule has 1 amide bonds. The van der Waals surface area contributed by atoms with Crippen LogP contribution in [0.15, 0.2) is 35.7 Å². The predicted molar refractivity (Wildman–Crippen MR) is 98.8 cm³/mol. The Hall–Kier alpha value is -2.12. The molecule has 0 atom stereocenters. The number of fused-ring (bicyclic) bond motifs is 1. The number of hydrogen-bond acceptors (Lipinski definition) is 6. The number of nitrogens with zero attached hydrogens (tertiary/aromatic N) is 2. The average molecular weight is 359 g/mol. The van der Waals surface area contributed by atoms with E-state index in [1.807, 2.05) is 35.9 Å². The van der Waals surface area contributed by atoms with Crippen LogP contribution >= 0.6 is 23.1 Å². The van der Waals surface area contributed by atoms with Gasteiger partial charge in [0.05, 0.1) is 30.4 Å². The molecule has 24 heavy (non-hydrogen) atoms. The molecule has 7 heteroatoms. The van der Waals surface area contributed by atoms with Crippen molar-refractivity contribution >= 4 is 39.9 Å². The molecular weight excluding hydrogens is 342 g/mol. The first kappa shape index (κ1) is 16.7. The third kappa shape index (κ3) is 3.68. The molecule has 2 heterocycles. The highest BCUT2D eigenvalue weighted by Crippen LogP contribution is 2.22. The predicted octanol–water partition coefficient (Wildman–Crippen LogP) is 3.49. The molecule has 3 aromatic rings. The summed E-state index contributed by atoms with van der Waals surface area (Å²) in [5.74, 6) is 1.16. The number of carbonyl (C=O) groups excluding carboxylic acids is 1. The number of amides is 1. The number of thiazole rings is 1. The summed E-state index contributed by atoms with van der Waals surface area (Å²) in [6.07, 6.45) is 2.05. The Morgan fingerprint density at radius 2 is 2.17 bits per heavy atom. The lowest BCUT2D eigenvalue weighted by atomic mass is 10.1. The minimum Gasteiger partial charge on any atom is -0.481 e. The zero-order valence-corrected chi connectivity index (χ0v) is 15.0. The van der Waals surface area contributed by atoms with E-state index in [0.717, 1.165) is 27.4 Å². The van der Waals surface area contributed by atoms with Gasteiger partial charge in [0.25, 0.3) is 5.91 Å². The van der Waals surface area contributed by atoms with Gasteiger partial charge in [0, 0.05) is 22.6 Å². The molecule has 0 aliphatic heterocycles. The van der Waals surface area contributed by atoms with Crippen molar-refractivity contribution in [3.8, 4) is 5.88 Å². The minimum atomic E-state index is -0.161. The second-order valence-corrected chi connectivity index (χ2v) is 6.89. The van der Waals surface area contributed by atoms with E-state index < -0.39 is 0 Å². The Morgan fingerprint density at radius 1 is 1.33 bits per heavy atom. The number of thioether (sulfide) groups is 1. The van der Waals surface area contributed by atoms with Crippen molar-refractivity contribution < 1.29 is 9.53 Å². The number of hydrogen-bond donors (Lipinski definition) is 1. The number of carbonyl (C=O) groups is 1. The van der Waals surface area contributed by atoms with E-state index in [-0.39, 0.29) is 5.91 Å². The van der Waals surface area contributed by atoms with Gasteiger partial charge < -0.3 is 10.1 Å². The van der Waals surface area contributed by atoms with Crippen molar-refractivity contribution in [2.75, 3.05) is 13.4 Å². The van der Waals surface area contributed by atoms with E-state index in [4.69, 9.17) is 4.74 Å². The lowest BCUT2D eigenvalue weighted by Crippen LogP contribution is -2.23. The van der Waals surface area contributed by atoms with E-state index in [9.17, 15) is 4.79 Å². The smallest absolute Gasteiger partial charge is 0.252 e. The number of aromatic nitrogens is 2. The van der Waals surface area contributed by atoms with Gasteiger partial charge in [-0.2, -0.15) is 11.8 Å². The summed E-state index contributed by atoms with van der Waals surface area (Å²) >= 11 is 3.35. The monoisotopic (exact) mass is 359 g/mol. The van der Waals surface area contributed by atoms with Gasteiger partial charge in [0.15, 0.2) is 0 Å². The molecule has 0 saturated carbocycles. The lowest BCUT2D eigenvalue weighted by molar-refractivity contribution is 0.0951. The van der Waals surface area contributed by atoms with Crippen molar-refractivity contribution in [2.24, 2.45) is 0 Å². The zero-order valence-electron chi connectivity index (χ0n) is 13.4. The van der Waals surface area contributed by atoms with Gasteiger partial charge in [-0.15, -0.1) is 11.3 Å². The molecule has 0 spiro atoms. The molecule has 1 aromatic carbocycles. The van der Waals surface area contributed by atoms with Crippen LogP contribution in [0.3, 0.4) is 0 Å². The van der Waals surface area contributed by atoms with Gasteiger partial charge >= 0.3 is 0 Å². The molecule has 0 unspecified atom stereocenters. The number of ether oxygens (including phenoxy) is 1. The summed E-state index contributed by atoms with van der Waals surface area (Å²) in [4.78, 5) is 21.5. The number of para-hydroxylation sites is 1. The average Bonchev–Trinajstić information content (AvgIpc) is 3.06. The molecule has 0 radical (unpaired) electrons. The lowest BCUT2D eigenvalue weighted by Gasteiger charge is -2.09. The maximum absolute atomic E-state index is 12.6. The van der Waals surface area contributed by atoms with Crippen LogP contribution in [0.4, 0.5) is 0 Å². The van der Waals surface area contributed by atoms with Crippen LogP contribution in [0.2, 0.25) is 0 Å². The van der Waals surface area contributed by atoms with Crippen molar-refractivity contribution in [3.63, 3.8) is 0 Å². The molecule has 0 fully saturated rings. The SMILES string of the molecule is COc1cc(C(=O)NCc2csc(CSC)n2)c2ccccc2n1. The third-order valence-electron chi connectivity index (χ3n) is 3.44. The molecule has 5 nitrogen and oxygen atoms in total. The molecule has 0 aliphatic rings. The molecule has 3 rings (SSSR count). The molecule has 2 aromatic heterocycles. The van der Waals surface area contributed by atoms with Crippen molar-refractivity contribution in [3.05, 3.63) is 52.0 Å². The quantitative estimate of drug-likeness (QED) is 0.730. The molecule has 1 N–H and O–H groups in total. The summed E-state index contributed by atoms with van der Waals surface area (Å²) in [6.45, 7) is 0.405. The highest BCUT2D eigenvalue weighted by atomic mass is 32.2. The molecule has 0 bridgehead atoms. The summed E-state index contributed by atoms with van der Waals surface area (Å²) in [5, 5.41) is 6.79. The summed E-state index contributed by atoms with van der Waals surface area (Å²) in [7, 11) is 1.54. The number of methoxy groups -OCH3 is 1. The van der Waals surface area contributed by atoms with Crippen LogP contribution in [0.5, 0.6) is 5.88 Å². The number of benzene rings is 1. The zero-order chi connectivity index (χ0) is 16.9. The van der Waals surface area contributed by atoms with E-state index >= 15 is 0 Å². The fourth-order valence-electron chi connectivity index (χ4n) is 2.33. The molecule has 124 valence electrons. The minimum absolute atomic E-state index is 0.161. The summed E-state index contributed by atoms with van der Waals surface area (Å²) in [6, 6.07) is 9.19. The van der Waals surface area contributed by atoms with Crippen molar-refractivity contribution in [1.82, 2.24) is 15.3 Å².